The van der Waals surface area contributed by atoms with Crippen molar-refractivity contribution in [3.63, 3.8) is 0 Å². The number of ether oxygens (including phenoxy) is 3. The van der Waals surface area contributed by atoms with Gasteiger partial charge in [0, 0.05) is 23.1 Å². The van der Waals surface area contributed by atoms with Crippen LogP contribution in [0.5, 0.6) is 0 Å². The summed E-state index contributed by atoms with van der Waals surface area (Å²) in [7, 11) is 0. The van der Waals surface area contributed by atoms with Gasteiger partial charge in [-0.05, 0) is 68.7 Å². The van der Waals surface area contributed by atoms with Crippen LogP contribution in [0.15, 0.2) is 22.7 Å². The maximum absolute atomic E-state index is 12.9. The molecule has 7 heteroatoms. The Balaban J connectivity index is 2.72. The lowest BCUT2D eigenvalue weighted by Crippen LogP contribution is -2.29. The standard InChI is InChI=1S/C19H23BrN2O4/c1-6-24-17(25-7-2)15-10-13-8-12(11-21)9-14(20)16(13)22(15)18(23)26-19(3,4)5/h8-10,17H,6-7H2,1-5H3. The average molecular weight is 423 g/mol. The van der Waals surface area contributed by atoms with E-state index >= 15 is 0 Å². The number of carbonyl (C=O) groups is 1. The summed E-state index contributed by atoms with van der Waals surface area (Å²) in [6.07, 6.45) is -1.25. The summed E-state index contributed by atoms with van der Waals surface area (Å²) in [5, 5.41) is 9.94. The lowest BCUT2D eigenvalue weighted by atomic mass is 10.2. The number of aromatic nitrogens is 1. The third-order valence-electron chi connectivity index (χ3n) is 3.46. The quantitative estimate of drug-likeness (QED) is 0.624. The zero-order valence-electron chi connectivity index (χ0n) is 15.6. The van der Waals surface area contributed by atoms with Crippen molar-refractivity contribution in [1.29, 1.82) is 5.26 Å². The number of nitriles is 1. The lowest BCUT2D eigenvalue weighted by Gasteiger charge is -2.23. The van der Waals surface area contributed by atoms with Crippen molar-refractivity contribution in [2.45, 2.75) is 46.5 Å². The number of rotatable bonds is 5. The van der Waals surface area contributed by atoms with E-state index in [-0.39, 0.29) is 0 Å². The molecule has 6 nitrogen and oxygen atoms in total. The maximum Gasteiger partial charge on any atom is 0.419 e. The molecule has 0 bridgehead atoms. The second kappa shape index (κ2) is 8.21. The van der Waals surface area contributed by atoms with E-state index in [9.17, 15) is 10.1 Å². The van der Waals surface area contributed by atoms with Crippen molar-refractivity contribution < 1.29 is 19.0 Å². The molecule has 1 aromatic carbocycles. The highest BCUT2D eigenvalue weighted by molar-refractivity contribution is 9.10. The zero-order valence-corrected chi connectivity index (χ0v) is 17.2. The van der Waals surface area contributed by atoms with Crippen LogP contribution in [0, 0.1) is 11.3 Å². The predicted molar refractivity (Wildman–Crippen MR) is 102 cm³/mol. The summed E-state index contributed by atoms with van der Waals surface area (Å²) in [6, 6.07) is 7.30. The highest BCUT2D eigenvalue weighted by atomic mass is 79.9. The zero-order chi connectivity index (χ0) is 19.5. The van der Waals surface area contributed by atoms with Gasteiger partial charge in [-0.1, -0.05) is 0 Å². The van der Waals surface area contributed by atoms with Crippen LogP contribution in [0.25, 0.3) is 10.9 Å². The van der Waals surface area contributed by atoms with Crippen molar-refractivity contribution in [2.75, 3.05) is 13.2 Å². The topological polar surface area (TPSA) is 73.5 Å². The SMILES string of the molecule is CCOC(OCC)c1cc2cc(C#N)cc(Br)c2n1C(=O)OC(C)(C)C. The van der Waals surface area contributed by atoms with Gasteiger partial charge in [0.05, 0.1) is 22.8 Å². The molecular weight excluding hydrogens is 400 g/mol. The van der Waals surface area contributed by atoms with Crippen molar-refractivity contribution in [3.05, 3.63) is 33.9 Å². The van der Waals surface area contributed by atoms with Crippen molar-refractivity contribution in [2.24, 2.45) is 0 Å². The molecule has 0 amide bonds. The van der Waals surface area contributed by atoms with Gasteiger partial charge in [-0.3, -0.25) is 0 Å². The molecule has 2 rings (SSSR count). The van der Waals surface area contributed by atoms with E-state index in [1.165, 1.54) is 4.57 Å². The monoisotopic (exact) mass is 422 g/mol. The molecular formula is C19H23BrN2O4. The summed E-state index contributed by atoms with van der Waals surface area (Å²) >= 11 is 3.47. The average Bonchev–Trinajstić information content (AvgIpc) is 2.93. The minimum absolute atomic E-state index is 0.422. The summed E-state index contributed by atoms with van der Waals surface area (Å²) in [5.74, 6) is 0. The number of benzene rings is 1. The molecule has 0 radical (unpaired) electrons. The number of nitrogens with zero attached hydrogens (tertiary/aromatic N) is 2. The van der Waals surface area contributed by atoms with Gasteiger partial charge in [0.15, 0.2) is 6.29 Å². The molecule has 0 saturated carbocycles. The molecule has 0 atom stereocenters. The number of halogens is 1. The van der Waals surface area contributed by atoms with E-state index in [1.54, 1.807) is 18.2 Å². The van der Waals surface area contributed by atoms with Gasteiger partial charge in [-0.15, -0.1) is 0 Å². The minimum atomic E-state index is -0.720. The second-order valence-electron chi connectivity index (χ2n) is 6.64. The van der Waals surface area contributed by atoms with Crippen LogP contribution in [-0.4, -0.2) is 29.5 Å². The van der Waals surface area contributed by atoms with Crippen LogP contribution in [0.2, 0.25) is 0 Å². The van der Waals surface area contributed by atoms with Crippen molar-refractivity contribution in [1.82, 2.24) is 4.57 Å². The molecule has 140 valence electrons. The van der Waals surface area contributed by atoms with Crippen molar-refractivity contribution >= 4 is 32.9 Å². The van der Waals surface area contributed by atoms with Crippen LogP contribution in [0.1, 0.15) is 52.2 Å². The van der Waals surface area contributed by atoms with E-state index in [0.29, 0.717) is 34.5 Å². The Morgan fingerprint density at radius 1 is 1.23 bits per heavy atom. The van der Waals surface area contributed by atoms with Crippen LogP contribution in [0.4, 0.5) is 4.79 Å². The predicted octanol–water partition coefficient (Wildman–Crippen LogP) is 5.13. The highest BCUT2D eigenvalue weighted by Gasteiger charge is 2.28. The largest absolute Gasteiger partial charge is 0.443 e. The third-order valence-corrected chi connectivity index (χ3v) is 4.07. The van der Waals surface area contributed by atoms with Crippen molar-refractivity contribution in [3.8, 4) is 6.07 Å². The molecule has 0 saturated heterocycles. The Labute approximate surface area is 161 Å². The number of hydrogen-bond donors (Lipinski definition) is 0. The second-order valence-corrected chi connectivity index (χ2v) is 7.49. The van der Waals surface area contributed by atoms with Gasteiger partial charge >= 0.3 is 6.09 Å². The Morgan fingerprint density at radius 3 is 2.35 bits per heavy atom. The Kier molecular flexibility index (Phi) is 6.45. The molecule has 0 aliphatic carbocycles. The molecule has 2 aromatic rings. The van der Waals surface area contributed by atoms with Gasteiger partial charge in [0.1, 0.15) is 5.60 Å². The molecule has 0 spiro atoms. The van der Waals surface area contributed by atoms with Crippen LogP contribution >= 0.6 is 15.9 Å². The van der Waals surface area contributed by atoms with Crippen LogP contribution < -0.4 is 0 Å². The van der Waals surface area contributed by atoms with Gasteiger partial charge in [-0.2, -0.15) is 5.26 Å². The first-order chi connectivity index (χ1) is 12.2. The van der Waals surface area contributed by atoms with Gasteiger partial charge in [0.25, 0.3) is 0 Å². The minimum Gasteiger partial charge on any atom is -0.443 e. The van der Waals surface area contributed by atoms with E-state index in [4.69, 9.17) is 14.2 Å². The number of fused-ring (bicyclic) bond motifs is 1. The van der Waals surface area contributed by atoms with E-state index < -0.39 is 18.0 Å². The molecule has 1 heterocycles. The maximum atomic E-state index is 12.9. The Bertz CT molecular complexity index is 840. The first kappa shape index (κ1) is 20.4. The smallest absolute Gasteiger partial charge is 0.419 e. The molecule has 26 heavy (non-hydrogen) atoms. The van der Waals surface area contributed by atoms with Crippen LogP contribution in [0.3, 0.4) is 0 Å². The first-order valence-electron chi connectivity index (χ1n) is 8.43. The summed E-state index contributed by atoms with van der Waals surface area (Å²) in [5.41, 5.74) is 0.963. The summed E-state index contributed by atoms with van der Waals surface area (Å²) < 4.78 is 19.0. The van der Waals surface area contributed by atoms with E-state index in [1.807, 2.05) is 34.6 Å². The normalized spacial score (nSPS) is 11.8. The first-order valence-corrected chi connectivity index (χ1v) is 9.22. The highest BCUT2D eigenvalue weighted by Crippen LogP contribution is 2.33. The molecule has 0 fully saturated rings. The fourth-order valence-corrected chi connectivity index (χ4v) is 3.24. The molecule has 1 aromatic heterocycles. The van der Waals surface area contributed by atoms with Gasteiger partial charge in [0.2, 0.25) is 0 Å². The Hall–Kier alpha value is -1.88. The fourth-order valence-electron chi connectivity index (χ4n) is 2.58. The molecule has 0 aliphatic rings. The number of hydrogen-bond acceptors (Lipinski definition) is 5. The van der Waals surface area contributed by atoms with E-state index in [0.717, 1.165) is 5.39 Å². The van der Waals surface area contributed by atoms with Gasteiger partial charge in [-0.25, -0.2) is 9.36 Å². The summed E-state index contributed by atoms with van der Waals surface area (Å²) in [6.45, 7) is 9.98. The van der Waals surface area contributed by atoms with Crippen LogP contribution in [-0.2, 0) is 14.2 Å². The Morgan fingerprint density at radius 2 is 1.85 bits per heavy atom. The summed E-state index contributed by atoms with van der Waals surface area (Å²) in [4.78, 5) is 12.9. The molecule has 0 aliphatic heterocycles. The third kappa shape index (κ3) is 4.44. The molecule has 0 unspecified atom stereocenters. The fraction of sp³-hybridized carbons (Fsp3) is 0.474. The van der Waals surface area contributed by atoms with Gasteiger partial charge < -0.3 is 14.2 Å². The molecule has 0 N–H and O–H groups in total. The number of carbonyl (C=O) groups excluding carboxylic acids is 1. The lowest BCUT2D eigenvalue weighted by molar-refractivity contribution is -0.143. The van der Waals surface area contributed by atoms with E-state index in [2.05, 4.69) is 22.0 Å².